The second kappa shape index (κ2) is 6.73. The number of nitrogens with one attached hydrogen (secondary N) is 1. The van der Waals surface area contributed by atoms with Gasteiger partial charge in [-0.05, 0) is 42.7 Å². The lowest BCUT2D eigenvalue weighted by molar-refractivity contribution is 0.00435. The van der Waals surface area contributed by atoms with Crippen LogP contribution in [-0.2, 0) is 17.9 Å². The second-order valence-corrected chi connectivity index (χ2v) is 6.63. The fraction of sp³-hybridized carbons (Fsp3) is 0.667. The average molecular weight is 273 g/mol. The van der Waals surface area contributed by atoms with Gasteiger partial charge in [0.2, 0.25) is 0 Å². The van der Waals surface area contributed by atoms with Crippen LogP contribution < -0.4 is 5.32 Å². The highest BCUT2D eigenvalue weighted by molar-refractivity contribution is 5.26. The van der Waals surface area contributed by atoms with Gasteiger partial charge in [0.1, 0.15) is 0 Å². The maximum absolute atomic E-state index is 6.17. The van der Waals surface area contributed by atoms with Crippen molar-refractivity contribution in [3.63, 3.8) is 0 Å². The second-order valence-electron chi connectivity index (χ2n) is 6.63. The molecule has 1 aromatic rings. The lowest BCUT2D eigenvalue weighted by atomic mass is 9.89. The minimum absolute atomic E-state index is 0.475. The van der Waals surface area contributed by atoms with Crippen LogP contribution in [0.5, 0.6) is 0 Å². The molecule has 2 aliphatic rings. The average Bonchev–Trinajstić information content (AvgIpc) is 3.28. The summed E-state index contributed by atoms with van der Waals surface area (Å²) in [4.78, 5) is 0. The third-order valence-electron chi connectivity index (χ3n) is 4.64. The smallest absolute Gasteiger partial charge is 0.0723 e. The van der Waals surface area contributed by atoms with Gasteiger partial charge in [-0.3, -0.25) is 0 Å². The Balaban J connectivity index is 1.52. The fourth-order valence-corrected chi connectivity index (χ4v) is 3.15. The molecular formula is C18H27NO. The number of hydrogen-bond acceptors (Lipinski definition) is 2. The van der Waals surface area contributed by atoms with Gasteiger partial charge in [-0.15, -0.1) is 0 Å². The van der Waals surface area contributed by atoms with Crippen LogP contribution in [-0.4, -0.2) is 12.1 Å². The number of rotatable bonds is 6. The molecule has 0 heterocycles. The van der Waals surface area contributed by atoms with Crippen LogP contribution in [0.4, 0.5) is 0 Å². The van der Waals surface area contributed by atoms with Crippen molar-refractivity contribution in [3.05, 3.63) is 35.4 Å². The Labute approximate surface area is 122 Å². The zero-order chi connectivity index (χ0) is 13.8. The minimum Gasteiger partial charge on any atom is -0.374 e. The largest absolute Gasteiger partial charge is 0.374 e. The molecule has 0 amide bonds. The van der Waals surface area contributed by atoms with Crippen molar-refractivity contribution in [1.82, 2.24) is 5.32 Å². The summed E-state index contributed by atoms with van der Waals surface area (Å²) in [5, 5.41) is 3.60. The van der Waals surface area contributed by atoms with Crippen LogP contribution >= 0.6 is 0 Å². The normalized spacial score (nSPS) is 26.6. The predicted octanol–water partition coefficient (Wildman–Crippen LogP) is 4.03. The van der Waals surface area contributed by atoms with E-state index in [1.165, 1.54) is 49.7 Å². The molecule has 1 aromatic carbocycles. The highest BCUT2D eigenvalue weighted by Crippen LogP contribution is 2.27. The molecule has 0 aliphatic heterocycles. The summed E-state index contributed by atoms with van der Waals surface area (Å²) in [6.07, 6.45) is 8.36. The van der Waals surface area contributed by atoms with Gasteiger partial charge < -0.3 is 10.1 Å². The summed E-state index contributed by atoms with van der Waals surface area (Å²) >= 11 is 0. The molecule has 1 N–H and O–H groups in total. The van der Waals surface area contributed by atoms with E-state index in [-0.39, 0.29) is 0 Å². The first-order chi connectivity index (χ1) is 9.81. The summed E-state index contributed by atoms with van der Waals surface area (Å²) in [6.45, 7) is 4.12. The third kappa shape index (κ3) is 4.07. The molecule has 2 aliphatic carbocycles. The molecule has 20 heavy (non-hydrogen) atoms. The molecule has 2 unspecified atom stereocenters. The van der Waals surface area contributed by atoms with Gasteiger partial charge in [0.25, 0.3) is 0 Å². The van der Waals surface area contributed by atoms with Crippen molar-refractivity contribution in [3.8, 4) is 0 Å². The quantitative estimate of drug-likeness (QED) is 0.845. The molecule has 2 heteroatoms. The summed E-state index contributed by atoms with van der Waals surface area (Å²) in [5.41, 5.74) is 2.77. The fourth-order valence-electron chi connectivity index (χ4n) is 3.15. The van der Waals surface area contributed by atoms with E-state index >= 15 is 0 Å². The van der Waals surface area contributed by atoms with Crippen LogP contribution in [0.25, 0.3) is 0 Å². The van der Waals surface area contributed by atoms with Gasteiger partial charge in [0.05, 0.1) is 12.7 Å². The maximum atomic E-state index is 6.17. The van der Waals surface area contributed by atoms with Crippen molar-refractivity contribution < 1.29 is 4.74 Å². The molecule has 2 atom stereocenters. The lowest BCUT2D eigenvalue weighted by Crippen LogP contribution is -2.22. The van der Waals surface area contributed by atoms with Gasteiger partial charge in [-0.1, -0.05) is 44.0 Å². The van der Waals surface area contributed by atoms with E-state index in [2.05, 4.69) is 36.5 Å². The molecule has 0 saturated heterocycles. The Morgan fingerprint density at radius 1 is 1.10 bits per heavy atom. The van der Waals surface area contributed by atoms with Crippen molar-refractivity contribution in [2.24, 2.45) is 5.92 Å². The van der Waals surface area contributed by atoms with Crippen LogP contribution in [0.1, 0.15) is 56.6 Å². The topological polar surface area (TPSA) is 21.3 Å². The van der Waals surface area contributed by atoms with Crippen LogP contribution in [0, 0.1) is 5.92 Å². The highest BCUT2D eigenvalue weighted by Gasteiger charge is 2.21. The maximum Gasteiger partial charge on any atom is 0.0723 e. The first-order valence-corrected chi connectivity index (χ1v) is 8.23. The van der Waals surface area contributed by atoms with Crippen molar-refractivity contribution in [2.45, 2.75) is 70.7 Å². The van der Waals surface area contributed by atoms with Crippen molar-refractivity contribution in [1.29, 1.82) is 0 Å². The molecule has 0 radical (unpaired) electrons. The standard InChI is InChI=1S/C18H27NO/c1-14-5-4-8-18(11-14)20-13-16-7-3-2-6-15(16)12-19-17-9-10-17/h2-3,6-7,14,17-19H,4-5,8-13H2,1H3. The summed E-state index contributed by atoms with van der Waals surface area (Å²) in [6, 6.07) is 9.48. The molecule has 110 valence electrons. The number of ether oxygens (including phenoxy) is 1. The van der Waals surface area contributed by atoms with Crippen molar-refractivity contribution >= 4 is 0 Å². The molecule has 2 fully saturated rings. The molecule has 2 saturated carbocycles. The van der Waals surface area contributed by atoms with E-state index in [1.54, 1.807) is 0 Å². The Hall–Kier alpha value is -0.860. The Morgan fingerprint density at radius 3 is 2.65 bits per heavy atom. The summed E-state index contributed by atoms with van der Waals surface area (Å²) < 4.78 is 6.17. The van der Waals surface area contributed by atoms with E-state index in [4.69, 9.17) is 4.74 Å². The lowest BCUT2D eigenvalue weighted by Gasteiger charge is -2.27. The molecule has 3 rings (SSSR count). The Kier molecular flexibility index (Phi) is 4.74. The Morgan fingerprint density at radius 2 is 1.90 bits per heavy atom. The predicted molar refractivity (Wildman–Crippen MR) is 82.5 cm³/mol. The van der Waals surface area contributed by atoms with Crippen LogP contribution in [0.3, 0.4) is 0 Å². The van der Waals surface area contributed by atoms with Crippen molar-refractivity contribution in [2.75, 3.05) is 0 Å². The number of benzene rings is 1. The zero-order valence-electron chi connectivity index (χ0n) is 12.6. The van der Waals surface area contributed by atoms with E-state index in [1.807, 2.05) is 0 Å². The molecule has 0 aromatic heterocycles. The summed E-state index contributed by atoms with van der Waals surface area (Å²) in [7, 11) is 0. The highest BCUT2D eigenvalue weighted by atomic mass is 16.5. The van der Waals surface area contributed by atoms with E-state index in [0.717, 1.165) is 25.1 Å². The molecule has 2 nitrogen and oxygen atoms in total. The van der Waals surface area contributed by atoms with Gasteiger partial charge in [0.15, 0.2) is 0 Å². The van der Waals surface area contributed by atoms with Gasteiger partial charge in [0, 0.05) is 12.6 Å². The summed E-state index contributed by atoms with van der Waals surface area (Å²) in [5.74, 6) is 0.834. The first kappa shape index (κ1) is 14.1. The van der Waals surface area contributed by atoms with E-state index in [0.29, 0.717) is 6.10 Å². The van der Waals surface area contributed by atoms with Gasteiger partial charge in [-0.25, -0.2) is 0 Å². The number of hydrogen-bond donors (Lipinski definition) is 1. The van der Waals surface area contributed by atoms with E-state index in [9.17, 15) is 0 Å². The minimum atomic E-state index is 0.475. The zero-order valence-corrected chi connectivity index (χ0v) is 12.6. The molecule has 0 bridgehead atoms. The van der Waals surface area contributed by atoms with Gasteiger partial charge >= 0.3 is 0 Å². The monoisotopic (exact) mass is 273 g/mol. The third-order valence-corrected chi connectivity index (χ3v) is 4.64. The van der Waals surface area contributed by atoms with Crippen LogP contribution in [0.15, 0.2) is 24.3 Å². The SMILES string of the molecule is CC1CCCC(OCc2ccccc2CNC2CC2)C1. The Bertz CT molecular complexity index is 427. The van der Waals surface area contributed by atoms with E-state index < -0.39 is 0 Å². The van der Waals surface area contributed by atoms with Crippen LogP contribution in [0.2, 0.25) is 0 Å². The first-order valence-electron chi connectivity index (χ1n) is 8.23. The molecular weight excluding hydrogens is 246 g/mol. The van der Waals surface area contributed by atoms with Gasteiger partial charge in [-0.2, -0.15) is 0 Å². The molecule has 0 spiro atoms.